The highest BCUT2D eigenvalue weighted by atomic mass is 16.2. The minimum atomic E-state index is -0.0125. The van der Waals surface area contributed by atoms with E-state index in [4.69, 9.17) is 0 Å². The van der Waals surface area contributed by atoms with Crippen LogP contribution in [-0.4, -0.2) is 34.8 Å². The molecule has 0 spiro atoms. The minimum Gasteiger partial charge on any atom is -0.354 e. The largest absolute Gasteiger partial charge is 0.354 e. The van der Waals surface area contributed by atoms with E-state index in [1.807, 2.05) is 17.8 Å². The molecule has 2 atom stereocenters. The highest BCUT2D eigenvalue weighted by Crippen LogP contribution is 2.14. The fourth-order valence-corrected chi connectivity index (χ4v) is 2.26. The second-order valence-corrected chi connectivity index (χ2v) is 4.68. The minimum absolute atomic E-state index is 0.0125. The van der Waals surface area contributed by atoms with Crippen molar-refractivity contribution < 1.29 is 4.79 Å². The van der Waals surface area contributed by atoms with Crippen LogP contribution in [0, 0.1) is 5.92 Å². The maximum atomic E-state index is 11.9. The molecule has 1 aliphatic rings. The second-order valence-electron chi connectivity index (χ2n) is 4.68. The van der Waals surface area contributed by atoms with Crippen molar-refractivity contribution >= 4 is 5.91 Å². The van der Waals surface area contributed by atoms with Gasteiger partial charge in [-0.2, -0.15) is 5.10 Å². The molecule has 1 aliphatic heterocycles. The van der Waals surface area contributed by atoms with Crippen molar-refractivity contribution in [1.82, 2.24) is 20.4 Å². The summed E-state index contributed by atoms with van der Waals surface area (Å²) >= 11 is 0. The fourth-order valence-electron chi connectivity index (χ4n) is 2.26. The number of rotatable bonds is 4. The molecule has 0 saturated carbocycles. The van der Waals surface area contributed by atoms with Crippen LogP contribution in [-0.2, 0) is 18.3 Å². The molecule has 0 aliphatic carbocycles. The van der Waals surface area contributed by atoms with E-state index in [9.17, 15) is 4.79 Å². The van der Waals surface area contributed by atoms with Crippen LogP contribution in [0.3, 0.4) is 0 Å². The van der Waals surface area contributed by atoms with Crippen LogP contribution in [0.1, 0.15) is 19.0 Å². The normalized spacial score (nSPS) is 23.9. The van der Waals surface area contributed by atoms with E-state index in [0.717, 1.165) is 25.1 Å². The Balaban J connectivity index is 1.75. The number of carbonyl (C=O) groups is 1. The average molecular weight is 236 g/mol. The summed E-state index contributed by atoms with van der Waals surface area (Å²) in [4.78, 5) is 11.9. The summed E-state index contributed by atoms with van der Waals surface area (Å²) in [6.45, 7) is 3.73. The van der Waals surface area contributed by atoms with Crippen molar-refractivity contribution in [3.8, 4) is 0 Å². The molecule has 5 nitrogen and oxygen atoms in total. The molecule has 1 saturated heterocycles. The molecule has 5 heteroatoms. The van der Waals surface area contributed by atoms with Gasteiger partial charge in [-0.1, -0.05) is 6.92 Å². The molecule has 2 unspecified atom stereocenters. The standard InChI is InChI=1S/C12H20N4O/c1-9-3-6-13-11(9)12(17)14-7-4-10-5-8-15-16(10)2/h5,8-9,11,13H,3-4,6-7H2,1-2H3,(H,14,17). The van der Waals surface area contributed by atoms with Crippen molar-refractivity contribution in [3.63, 3.8) is 0 Å². The van der Waals surface area contributed by atoms with Crippen LogP contribution in [0.15, 0.2) is 12.3 Å². The third-order valence-electron chi connectivity index (χ3n) is 3.42. The first-order chi connectivity index (χ1) is 8.18. The van der Waals surface area contributed by atoms with Gasteiger partial charge in [0.15, 0.2) is 0 Å². The lowest BCUT2D eigenvalue weighted by atomic mass is 10.0. The Morgan fingerprint density at radius 1 is 1.71 bits per heavy atom. The van der Waals surface area contributed by atoms with E-state index >= 15 is 0 Å². The molecule has 2 rings (SSSR count). The van der Waals surface area contributed by atoms with Gasteiger partial charge in [0.1, 0.15) is 0 Å². The Morgan fingerprint density at radius 3 is 3.12 bits per heavy atom. The number of nitrogens with zero attached hydrogens (tertiary/aromatic N) is 2. The zero-order chi connectivity index (χ0) is 12.3. The number of hydrogen-bond acceptors (Lipinski definition) is 3. The molecule has 17 heavy (non-hydrogen) atoms. The van der Waals surface area contributed by atoms with Crippen LogP contribution in [0.25, 0.3) is 0 Å². The molecular formula is C12H20N4O. The monoisotopic (exact) mass is 236 g/mol. The number of amides is 1. The summed E-state index contributed by atoms with van der Waals surface area (Å²) in [7, 11) is 1.91. The summed E-state index contributed by atoms with van der Waals surface area (Å²) in [5, 5.41) is 10.3. The highest BCUT2D eigenvalue weighted by molar-refractivity contribution is 5.82. The highest BCUT2D eigenvalue weighted by Gasteiger charge is 2.28. The van der Waals surface area contributed by atoms with Crippen molar-refractivity contribution in [3.05, 3.63) is 18.0 Å². The number of carbonyl (C=O) groups excluding carboxylic acids is 1. The smallest absolute Gasteiger partial charge is 0.237 e. The lowest BCUT2D eigenvalue weighted by Gasteiger charge is -2.15. The van der Waals surface area contributed by atoms with Gasteiger partial charge in [0.2, 0.25) is 5.91 Å². The first kappa shape index (κ1) is 12.1. The van der Waals surface area contributed by atoms with Crippen molar-refractivity contribution in [2.75, 3.05) is 13.1 Å². The zero-order valence-electron chi connectivity index (χ0n) is 10.4. The lowest BCUT2D eigenvalue weighted by molar-refractivity contribution is -0.123. The maximum absolute atomic E-state index is 11.9. The summed E-state index contributed by atoms with van der Waals surface area (Å²) in [6, 6.07) is 1.96. The van der Waals surface area contributed by atoms with Gasteiger partial charge in [-0.05, 0) is 24.9 Å². The zero-order valence-corrected chi connectivity index (χ0v) is 10.4. The number of nitrogens with one attached hydrogen (secondary N) is 2. The Bertz CT molecular complexity index is 388. The van der Waals surface area contributed by atoms with E-state index in [1.54, 1.807) is 6.20 Å². The van der Waals surface area contributed by atoms with E-state index in [2.05, 4.69) is 22.7 Å². The van der Waals surface area contributed by atoms with Gasteiger partial charge in [-0.15, -0.1) is 0 Å². The molecule has 0 bridgehead atoms. The summed E-state index contributed by atoms with van der Waals surface area (Å²) in [5.41, 5.74) is 1.14. The fraction of sp³-hybridized carbons (Fsp3) is 0.667. The van der Waals surface area contributed by atoms with Crippen molar-refractivity contribution in [2.24, 2.45) is 13.0 Å². The van der Waals surface area contributed by atoms with Crippen LogP contribution in [0.2, 0.25) is 0 Å². The van der Waals surface area contributed by atoms with E-state index in [1.165, 1.54) is 0 Å². The Morgan fingerprint density at radius 2 is 2.53 bits per heavy atom. The van der Waals surface area contributed by atoms with E-state index in [0.29, 0.717) is 12.5 Å². The molecule has 1 amide bonds. The molecular weight excluding hydrogens is 216 g/mol. The van der Waals surface area contributed by atoms with Gasteiger partial charge in [-0.25, -0.2) is 0 Å². The predicted molar refractivity (Wildman–Crippen MR) is 65.5 cm³/mol. The first-order valence-corrected chi connectivity index (χ1v) is 6.16. The molecule has 2 N–H and O–H groups in total. The quantitative estimate of drug-likeness (QED) is 0.778. The second kappa shape index (κ2) is 5.31. The van der Waals surface area contributed by atoms with Gasteiger partial charge in [0, 0.05) is 31.9 Å². The molecule has 1 fully saturated rings. The summed E-state index contributed by atoms with van der Waals surface area (Å²) in [6.07, 6.45) is 3.68. The van der Waals surface area contributed by atoms with Crippen LogP contribution in [0.4, 0.5) is 0 Å². The van der Waals surface area contributed by atoms with Gasteiger partial charge in [0.05, 0.1) is 6.04 Å². The van der Waals surface area contributed by atoms with E-state index in [-0.39, 0.29) is 11.9 Å². The SMILES string of the molecule is CC1CCNC1C(=O)NCCc1ccnn1C. The number of aromatic nitrogens is 2. The van der Waals surface area contributed by atoms with Crippen molar-refractivity contribution in [2.45, 2.75) is 25.8 Å². The molecule has 2 heterocycles. The van der Waals surface area contributed by atoms with Gasteiger partial charge >= 0.3 is 0 Å². The Labute approximate surface area is 102 Å². The molecule has 1 aromatic heterocycles. The van der Waals surface area contributed by atoms with Gasteiger partial charge < -0.3 is 10.6 Å². The Hall–Kier alpha value is -1.36. The van der Waals surface area contributed by atoms with Crippen molar-refractivity contribution in [1.29, 1.82) is 0 Å². The van der Waals surface area contributed by atoms with E-state index < -0.39 is 0 Å². The molecule has 1 aromatic rings. The molecule has 94 valence electrons. The molecule has 0 radical (unpaired) electrons. The summed E-state index contributed by atoms with van der Waals surface area (Å²) < 4.78 is 1.84. The maximum Gasteiger partial charge on any atom is 0.237 e. The van der Waals surface area contributed by atoms with Gasteiger partial charge in [0.25, 0.3) is 0 Å². The predicted octanol–water partition coefficient (Wildman–Crippen LogP) is 0.0768. The van der Waals surface area contributed by atoms with Crippen LogP contribution in [0.5, 0.6) is 0 Å². The molecule has 0 aromatic carbocycles. The third kappa shape index (κ3) is 2.85. The summed E-state index contributed by atoms with van der Waals surface area (Å²) in [5.74, 6) is 0.559. The third-order valence-corrected chi connectivity index (χ3v) is 3.42. The lowest BCUT2D eigenvalue weighted by Crippen LogP contribution is -2.43. The van der Waals surface area contributed by atoms with Gasteiger partial charge in [-0.3, -0.25) is 9.48 Å². The van der Waals surface area contributed by atoms with Crippen LogP contribution < -0.4 is 10.6 Å². The average Bonchev–Trinajstić information content (AvgIpc) is 2.88. The Kier molecular flexibility index (Phi) is 3.78. The van der Waals surface area contributed by atoms with Crippen LogP contribution >= 0.6 is 0 Å². The number of aryl methyl sites for hydroxylation is 1. The number of hydrogen-bond donors (Lipinski definition) is 2. The first-order valence-electron chi connectivity index (χ1n) is 6.16. The topological polar surface area (TPSA) is 59.0 Å².